The van der Waals surface area contributed by atoms with Crippen LogP contribution in [0.4, 0.5) is 0 Å². The molecule has 0 radical (unpaired) electrons. The van der Waals surface area contributed by atoms with Crippen molar-refractivity contribution in [2.24, 2.45) is 0 Å². The maximum absolute atomic E-state index is 11.8. The Labute approximate surface area is 108 Å². The second kappa shape index (κ2) is 6.26. The van der Waals surface area contributed by atoms with Crippen molar-refractivity contribution >= 4 is 33.1 Å². The molecular formula is C9H12N2O3S3. The van der Waals surface area contributed by atoms with Crippen molar-refractivity contribution in [3.8, 4) is 12.3 Å². The highest BCUT2D eigenvalue weighted by Gasteiger charge is 2.19. The summed E-state index contributed by atoms with van der Waals surface area (Å²) in [6.07, 6.45) is 5.06. The van der Waals surface area contributed by atoms with Crippen LogP contribution in [0.15, 0.2) is 9.00 Å². The third kappa shape index (κ3) is 4.20. The van der Waals surface area contributed by atoms with Gasteiger partial charge in [-0.1, -0.05) is 17.3 Å². The molecule has 0 saturated carbocycles. The Morgan fingerprint density at radius 2 is 2.29 bits per heavy atom. The first kappa shape index (κ1) is 14.3. The number of H-pyrrole nitrogens is 1. The fraction of sp³-hybridized carbons (Fsp3) is 0.444. The summed E-state index contributed by atoms with van der Waals surface area (Å²) in [5.41, 5.74) is 0.365. The van der Waals surface area contributed by atoms with Gasteiger partial charge in [0.15, 0.2) is 4.21 Å². The Bertz CT molecular complexity index is 565. The topological polar surface area (TPSA) is 79.0 Å². The molecule has 0 spiro atoms. The summed E-state index contributed by atoms with van der Waals surface area (Å²) in [5, 5.41) is 0. The van der Waals surface area contributed by atoms with Crippen LogP contribution in [0.3, 0.4) is 0 Å². The van der Waals surface area contributed by atoms with Gasteiger partial charge >= 0.3 is 4.87 Å². The summed E-state index contributed by atoms with van der Waals surface area (Å²) in [7, 11) is -3.59. The molecule has 0 amide bonds. The number of hydrogen-bond acceptors (Lipinski definition) is 5. The van der Waals surface area contributed by atoms with E-state index in [9.17, 15) is 13.2 Å². The van der Waals surface area contributed by atoms with Gasteiger partial charge in [-0.3, -0.25) is 4.79 Å². The molecule has 5 nitrogen and oxygen atoms in total. The van der Waals surface area contributed by atoms with Crippen LogP contribution < -0.4 is 9.60 Å². The lowest BCUT2D eigenvalue weighted by atomic mass is 10.6. The normalized spacial score (nSPS) is 11.3. The van der Waals surface area contributed by atoms with Crippen molar-refractivity contribution in [3.63, 3.8) is 0 Å². The monoisotopic (exact) mass is 292 g/mol. The van der Waals surface area contributed by atoms with E-state index in [1.54, 1.807) is 6.92 Å². The number of aryl methyl sites for hydroxylation is 1. The van der Waals surface area contributed by atoms with Crippen LogP contribution in [0.1, 0.15) is 5.69 Å². The Balaban J connectivity index is 2.61. The Morgan fingerprint density at radius 3 is 2.82 bits per heavy atom. The second-order valence-corrected chi connectivity index (χ2v) is 7.13. The first-order chi connectivity index (χ1) is 7.97. The highest BCUT2D eigenvalue weighted by molar-refractivity contribution is 7.99. The van der Waals surface area contributed by atoms with Crippen molar-refractivity contribution in [2.75, 3.05) is 18.1 Å². The maximum Gasteiger partial charge on any atom is 0.305 e. The predicted octanol–water partition coefficient (Wildman–Crippen LogP) is 0.390. The standard InChI is InChI=1S/C9H12N2O3S3/c1-3-5-15-6-4-10-17(13,14)8-7(2)11-9(12)16-8/h1,10H,4-6H2,2H3,(H,11,12). The van der Waals surface area contributed by atoms with Crippen LogP contribution >= 0.6 is 23.1 Å². The van der Waals surface area contributed by atoms with Crippen LogP contribution in [0.5, 0.6) is 0 Å². The minimum Gasteiger partial charge on any atom is -0.315 e. The van der Waals surface area contributed by atoms with E-state index in [1.165, 1.54) is 11.8 Å². The highest BCUT2D eigenvalue weighted by atomic mass is 32.2. The Hall–Kier alpha value is -0.750. The number of nitrogens with one attached hydrogen (secondary N) is 2. The van der Waals surface area contributed by atoms with Gasteiger partial charge in [0, 0.05) is 18.0 Å². The molecule has 1 heterocycles. The molecule has 0 aliphatic carbocycles. The van der Waals surface area contributed by atoms with Gasteiger partial charge in [-0.15, -0.1) is 18.2 Å². The third-order valence-corrected chi connectivity index (χ3v) is 5.68. The number of aromatic nitrogens is 1. The number of hydrogen-bond donors (Lipinski definition) is 2. The minimum absolute atomic E-state index is 0.0458. The van der Waals surface area contributed by atoms with E-state index in [2.05, 4.69) is 15.6 Å². The van der Waals surface area contributed by atoms with Crippen molar-refractivity contribution in [1.82, 2.24) is 9.71 Å². The lowest BCUT2D eigenvalue weighted by Gasteiger charge is -2.04. The van der Waals surface area contributed by atoms with Crippen LogP contribution in [0.2, 0.25) is 0 Å². The number of sulfonamides is 1. The van der Waals surface area contributed by atoms with Crippen molar-refractivity contribution < 1.29 is 8.42 Å². The van der Waals surface area contributed by atoms with E-state index in [-0.39, 0.29) is 9.08 Å². The van der Waals surface area contributed by atoms with Crippen molar-refractivity contribution in [1.29, 1.82) is 0 Å². The van der Waals surface area contributed by atoms with Gasteiger partial charge in [-0.25, -0.2) is 13.1 Å². The lowest BCUT2D eigenvalue weighted by molar-refractivity contribution is 0.585. The second-order valence-electron chi connectivity index (χ2n) is 3.08. The van der Waals surface area contributed by atoms with Crippen LogP contribution in [-0.2, 0) is 10.0 Å². The molecule has 0 saturated heterocycles. The zero-order valence-electron chi connectivity index (χ0n) is 9.15. The molecule has 0 unspecified atom stereocenters. The van der Waals surface area contributed by atoms with Crippen LogP contribution in [-0.4, -0.2) is 31.5 Å². The van der Waals surface area contributed by atoms with E-state index in [0.717, 1.165) is 0 Å². The van der Waals surface area contributed by atoms with E-state index in [4.69, 9.17) is 6.42 Å². The maximum atomic E-state index is 11.8. The summed E-state index contributed by atoms with van der Waals surface area (Å²) in [4.78, 5) is 13.1. The number of rotatable bonds is 6. The number of terminal acetylenes is 1. The number of thiazole rings is 1. The average Bonchev–Trinajstić information content (AvgIpc) is 2.58. The summed E-state index contributed by atoms with van der Waals surface area (Å²) in [5.74, 6) is 3.60. The fourth-order valence-electron chi connectivity index (χ4n) is 1.09. The van der Waals surface area contributed by atoms with E-state index in [1.807, 2.05) is 0 Å². The number of thioether (sulfide) groups is 1. The van der Waals surface area contributed by atoms with E-state index >= 15 is 0 Å². The van der Waals surface area contributed by atoms with Gasteiger partial charge in [-0.2, -0.15) is 0 Å². The first-order valence-electron chi connectivity index (χ1n) is 4.68. The van der Waals surface area contributed by atoms with E-state index < -0.39 is 10.0 Å². The molecule has 1 rings (SSSR count). The fourth-order valence-corrected chi connectivity index (χ4v) is 4.10. The molecule has 17 heavy (non-hydrogen) atoms. The molecule has 0 atom stereocenters. The molecular weight excluding hydrogens is 280 g/mol. The largest absolute Gasteiger partial charge is 0.315 e. The van der Waals surface area contributed by atoms with Crippen LogP contribution in [0, 0.1) is 19.3 Å². The molecule has 1 aromatic rings. The molecule has 8 heteroatoms. The molecule has 0 fully saturated rings. The van der Waals surface area contributed by atoms with E-state index in [0.29, 0.717) is 35.1 Å². The van der Waals surface area contributed by atoms with Gasteiger partial charge in [0.1, 0.15) is 0 Å². The molecule has 1 aromatic heterocycles. The summed E-state index contributed by atoms with van der Waals surface area (Å²) >= 11 is 2.16. The van der Waals surface area contributed by atoms with Gasteiger partial charge in [0.2, 0.25) is 0 Å². The average molecular weight is 292 g/mol. The van der Waals surface area contributed by atoms with Crippen LogP contribution in [0.25, 0.3) is 0 Å². The smallest absolute Gasteiger partial charge is 0.305 e. The lowest BCUT2D eigenvalue weighted by Crippen LogP contribution is -2.26. The molecule has 2 N–H and O–H groups in total. The Kier molecular flexibility index (Phi) is 5.27. The first-order valence-corrected chi connectivity index (χ1v) is 8.13. The molecule has 0 aliphatic heterocycles. The highest BCUT2D eigenvalue weighted by Crippen LogP contribution is 2.15. The minimum atomic E-state index is -3.59. The van der Waals surface area contributed by atoms with Gasteiger partial charge in [-0.05, 0) is 6.92 Å². The Morgan fingerprint density at radius 1 is 1.59 bits per heavy atom. The summed E-state index contributed by atoms with van der Waals surface area (Å²) in [6, 6.07) is 0. The zero-order valence-corrected chi connectivity index (χ0v) is 11.6. The van der Waals surface area contributed by atoms with Gasteiger partial charge in [0.25, 0.3) is 10.0 Å². The third-order valence-electron chi connectivity index (χ3n) is 1.75. The molecule has 0 bridgehead atoms. The molecule has 0 aromatic carbocycles. The summed E-state index contributed by atoms with van der Waals surface area (Å²) < 4.78 is 26.0. The van der Waals surface area contributed by atoms with Gasteiger partial charge < -0.3 is 4.98 Å². The van der Waals surface area contributed by atoms with Crippen molar-refractivity contribution in [3.05, 3.63) is 15.4 Å². The number of aromatic amines is 1. The van der Waals surface area contributed by atoms with Crippen molar-refractivity contribution in [2.45, 2.75) is 11.1 Å². The summed E-state index contributed by atoms with van der Waals surface area (Å²) in [6.45, 7) is 1.85. The zero-order chi connectivity index (χ0) is 12.9. The van der Waals surface area contributed by atoms with Gasteiger partial charge in [0.05, 0.1) is 5.75 Å². The molecule has 0 aliphatic rings. The quantitative estimate of drug-likeness (QED) is 0.587. The molecule has 94 valence electrons. The SMILES string of the molecule is C#CCSCCNS(=O)(=O)c1sc(=O)[nH]c1C. The predicted molar refractivity (Wildman–Crippen MR) is 71.0 cm³/mol.